The van der Waals surface area contributed by atoms with E-state index in [0.29, 0.717) is 12.1 Å². The smallest absolute Gasteiger partial charge is 0.272 e. The van der Waals surface area contributed by atoms with Crippen molar-refractivity contribution in [1.29, 1.82) is 0 Å². The van der Waals surface area contributed by atoms with E-state index in [1.54, 1.807) is 0 Å². The molecular weight excluding hydrogens is 220 g/mol. The molecule has 1 N–H and O–H groups in total. The highest BCUT2D eigenvalue weighted by molar-refractivity contribution is 5.72. The van der Waals surface area contributed by atoms with Crippen molar-refractivity contribution in [3.63, 3.8) is 0 Å². The first-order chi connectivity index (χ1) is 7.67. The van der Waals surface area contributed by atoms with Gasteiger partial charge in [0.2, 0.25) is 6.41 Å². The minimum atomic E-state index is -2.54. The highest BCUT2D eigenvalue weighted by atomic mass is 19.3. The fourth-order valence-electron chi connectivity index (χ4n) is 1.10. The Morgan fingerprint density at radius 3 is 2.75 bits per heavy atom. The summed E-state index contributed by atoms with van der Waals surface area (Å²) in [6, 6.07) is 4.46. The van der Waals surface area contributed by atoms with Gasteiger partial charge in [0.15, 0.2) is 11.5 Å². The molecule has 6 heteroatoms. The normalized spacial score (nSPS) is 10.0. The summed E-state index contributed by atoms with van der Waals surface area (Å²) in [5.74, 6) is 0.492. The van der Waals surface area contributed by atoms with Crippen LogP contribution in [-0.2, 0) is 4.79 Å². The number of carbonyl (C=O) groups excluding carboxylic acids is 1. The third kappa shape index (κ3) is 3.38. The van der Waals surface area contributed by atoms with Gasteiger partial charge in [-0.25, -0.2) is 8.78 Å². The lowest BCUT2D eigenvalue weighted by Crippen LogP contribution is -2.08. The van der Waals surface area contributed by atoms with Crippen molar-refractivity contribution in [2.75, 3.05) is 19.0 Å². The lowest BCUT2D eigenvalue weighted by Gasteiger charge is -2.11. The van der Waals surface area contributed by atoms with Gasteiger partial charge in [-0.3, -0.25) is 4.79 Å². The third-order valence-electron chi connectivity index (χ3n) is 1.75. The average Bonchev–Trinajstić information content (AvgIpc) is 2.27. The number of benzene rings is 1. The van der Waals surface area contributed by atoms with Gasteiger partial charge in [0.05, 0.1) is 7.11 Å². The Balaban J connectivity index is 2.79. The van der Waals surface area contributed by atoms with Gasteiger partial charge in [-0.05, 0) is 12.1 Å². The van der Waals surface area contributed by atoms with Crippen molar-refractivity contribution >= 4 is 12.1 Å². The number of ether oxygens (including phenoxy) is 2. The second-order valence-electron chi connectivity index (χ2n) is 2.83. The predicted molar refractivity (Wildman–Crippen MR) is 54.2 cm³/mol. The first-order valence-corrected chi connectivity index (χ1v) is 4.46. The Hall–Kier alpha value is -1.85. The van der Waals surface area contributed by atoms with Crippen LogP contribution in [0.25, 0.3) is 0 Å². The molecule has 0 unspecified atom stereocenters. The maximum Gasteiger partial charge on any atom is 0.272 e. The lowest BCUT2D eigenvalue weighted by molar-refractivity contribution is -0.105. The van der Waals surface area contributed by atoms with E-state index < -0.39 is 13.0 Å². The standard InChI is InChI=1S/C10H11F2NO3/c1-15-9-4-7(13-6-14)2-3-8(9)16-5-10(11)12/h2-4,6,10H,5H2,1H3,(H,13,14). The summed E-state index contributed by atoms with van der Waals surface area (Å²) >= 11 is 0. The second-order valence-corrected chi connectivity index (χ2v) is 2.83. The van der Waals surface area contributed by atoms with E-state index in [1.807, 2.05) is 0 Å². The molecule has 0 aliphatic rings. The molecule has 1 aromatic carbocycles. The predicted octanol–water partition coefficient (Wildman–Crippen LogP) is 1.91. The number of hydrogen-bond acceptors (Lipinski definition) is 3. The molecule has 0 aromatic heterocycles. The third-order valence-corrected chi connectivity index (χ3v) is 1.75. The Morgan fingerprint density at radius 1 is 1.44 bits per heavy atom. The van der Waals surface area contributed by atoms with Crippen molar-refractivity contribution in [3.8, 4) is 11.5 Å². The number of halogens is 2. The zero-order chi connectivity index (χ0) is 12.0. The highest BCUT2D eigenvalue weighted by Crippen LogP contribution is 2.30. The summed E-state index contributed by atoms with van der Waals surface area (Å²) in [6.45, 7) is -0.698. The fraction of sp³-hybridized carbons (Fsp3) is 0.300. The van der Waals surface area contributed by atoms with E-state index in [4.69, 9.17) is 9.47 Å². The minimum absolute atomic E-state index is 0.208. The number of amides is 1. The number of methoxy groups -OCH3 is 1. The molecule has 1 amide bonds. The van der Waals surface area contributed by atoms with Crippen molar-refractivity contribution in [2.45, 2.75) is 6.43 Å². The molecule has 16 heavy (non-hydrogen) atoms. The van der Waals surface area contributed by atoms with Gasteiger partial charge < -0.3 is 14.8 Å². The summed E-state index contributed by atoms with van der Waals surface area (Å²) in [5.41, 5.74) is 0.497. The van der Waals surface area contributed by atoms with Crippen LogP contribution in [0.1, 0.15) is 0 Å². The molecule has 0 aliphatic heterocycles. The Morgan fingerprint density at radius 2 is 2.19 bits per heavy atom. The zero-order valence-corrected chi connectivity index (χ0v) is 8.57. The van der Waals surface area contributed by atoms with Gasteiger partial charge >= 0.3 is 0 Å². The SMILES string of the molecule is COc1cc(NC=O)ccc1OCC(F)F. The molecule has 0 radical (unpaired) electrons. The van der Waals surface area contributed by atoms with Crippen molar-refractivity contribution in [1.82, 2.24) is 0 Å². The van der Waals surface area contributed by atoms with Gasteiger partial charge in [-0.15, -0.1) is 0 Å². The van der Waals surface area contributed by atoms with Gasteiger partial charge in [0.1, 0.15) is 6.61 Å². The van der Waals surface area contributed by atoms with E-state index in [2.05, 4.69) is 5.32 Å². The van der Waals surface area contributed by atoms with Crippen LogP contribution in [-0.4, -0.2) is 26.6 Å². The van der Waals surface area contributed by atoms with Crippen LogP contribution in [0.3, 0.4) is 0 Å². The minimum Gasteiger partial charge on any atom is -0.493 e. The number of carbonyl (C=O) groups is 1. The topological polar surface area (TPSA) is 47.6 Å². The summed E-state index contributed by atoms with van der Waals surface area (Å²) in [6.07, 6.45) is -2.04. The van der Waals surface area contributed by atoms with Crippen molar-refractivity contribution < 1.29 is 23.0 Å². The van der Waals surface area contributed by atoms with Gasteiger partial charge in [0.25, 0.3) is 6.43 Å². The first-order valence-electron chi connectivity index (χ1n) is 4.46. The highest BCUT2D eigenvalue weighted by Gasteiger charge is 2.09. The van der Waals surface area contributed by atoms with Gasteiger partial charge in [0, 0.05) is 11.8 Å². The van der Waals surface area contributed by atoms with Crippen LogP contribution in [0, 0.1) is 0 Å². The van der Waals surface area contributed by atoms with Crippen LogP contribution in [0.15, 0.2) is 18.2 Å². The van der Waals surface area contributed by atoms with Crippen LogP contribution in [0.2, 0.25) is 0 Å². The van der Waals surface area contributed by atoms with Crippen molar-refractivity contribution in [2.24, 2.45) is 0 Å². The summed E-state index contributed by atoms with van der Waals surface area (Å²) in [4.78, 5) is 10.2. The molecule has 4 nitrogen and oxygen atoms in total. The lowest BCUT2D eigenvalue weighted by atomic mass is 10.3. The second kappa shape index (κ2) is 5.89. The first kappa shape index (κ1) is 12.2. The average molecular weight is 231 g/mol. The van der Waals surface area contributed by atoms with Crippen LogP contribution >= 0.6 is 0 Å². The number of nitrogens with one attached hydrogen (secondary N) is 1. The van der Waals surface area contributed by atoms with Gasteiger partial charge in [-0.1, -0.05) is 0 Å². The monoisotopic (exact) mass is 231 g/mol. The van der Waals surface area contributed by atoms with E-state index in [-0.39, 0.29) is 11.5 Å². The number of alkyl halides is 2. The van der Waals surface area contributed by atoms with E-state index >= 15 is 0 Å². The molecule has 0 fully saturated rings. The summed E-state index contributed by atoms with van der Waals surface area (Å²) in [5, 5.41) is 2.41. The number of hydrogen-bond donors (Lipinski definition) is 1. The Kier molecular flexibility index (Phi) is 4.50. The molecule has 1 rings (SSSR count). The largest absolute Gasteiger partial charge is 0.493 e. The molecule has 0 saturated heterocycles. The molecule has 0 saturated carbocycles. The fourth-order valence-corrected chi connectivity index (χ4v) is 1.10. The summed E-state index contributed by atoms with van der Waals surface area (Å²) in [7, 11) is 1.38. The van der Waals surface area contributed by atoms with E-state index in [9.17, 15) is 13.6 Å². The molecular formula is C10H11F2NO3. The van der Waals surface area contributed by atoms with Crippen molar-refractivity contribution in [3.05, 3.63) is 18.2 Å². The summed E-state index contributed by atoms with van der Waals surface area (Å²) < 4.78 is 33.6. The van der Waals surface area contributed by atoms with Gasteiger partial charge in [-0.2, -0.15) is 0 Å². The number of anilines is 1. The molecule has 88 valence electrons. The van der Waals surface area contributed by atoms with Crippen LogP contribution < -0.4 is 14.8 Å². The zero-order valence-electron chi connectivity index (χ0n) is 8.57. The Labute approximate surface area is 91.2 Å². The maximum atomic E-state index is 11.9. The van der Waals surface area contributed by atoms with E-state index in [0.717, 1.165) is 0 Å². The maximum absolute atomic E-state index is 11.9. The van der Waals surface area contributed by atoms with Crippen LogP contribution in [0.5, 0.6) is 11.5 Å². The van der Waals surface area contributed by atoms with E-state index in [1.165, 1.54) is 25.3 Å². The molecule has 0 bridgehead atoms. The molecule has 1 aromatic rings. The number of rotatable bonds is 6. The van der Waals surface area contributed by atoms with Crippen LogP contribution in [0.4, 0.5) is 14.5 Å². The quantitative estimate of drug-likeness (QED) is 0.761. The Bertz CT molecular complexity index is 358. The molecule has 0 atom stereocenters. The molecule has 0 aliphatic carbocycles. The molecule has 0 spiro atoms. The molecule has 0 heterocycles.